The molecule has 0 N–H and O–H groups in total. The Balaban J connectivity index is 1.31. The molecule has 0 aliphatic heterocycles. The van der Waals surface area contributed by atoms with Crippen LogP contribution in [0.3, 0.4) is 0 Å². The average molecular weight is 381 g/mol. The highest BCUT2D eigenvalue weighted by atomic mass is 19.1. The van der Waals surface area contributed by atoms with E-state index in [9.17, 15) is 9.18 Å². The fourth-order valence-corrected chi connectivity index (χ4v) is 5.16. The molecule has 3 heteroatoms. The molecule has 0 bridgehead atoms. The van der Waals surface area contributed by atoms with Crippen molar-refractivity contribution in [2.24, 2.45) is 23.7 Å². The minimum Gasteiger partial charge on any atom is -0.426 e. The predicted octanol–water partition coefficient (Wildman–Crippen LogP) is 6.68. The number of carbonyl (C=O) groups is 1. The van der Waals surface area contributed by atoms with Crippen molar-refractivity contribution < 1.29 is 13.9 Å². The van der Waals surface area contributed by atoms with Crippen molar-refractivity contribution in [2.75, 3.05) is 0 Å². The zero-order valence-corrected chi connectivity index (χ0v) is 16.4. The lowest BCUT2D eigenvalue weighted by atomic mass is 9.69. The first-order chi connectivity index (χ1) is 13.6. The van der Waals surface area contributed by atoms with E-state index in [0.717, 1.165) is 42.9 Å². The van der Waals surface area contributed by atoms with Gasteiger partial charge < -0.3 is 4.74 Å². The Bertz CT molecular complexity index is 843. The lowest BCUT2D eigenvalue weighted by Gasteiger charge is -2.36. The van der Waals surface area contributed by atoms with Crippen LogP contribution in [0.1, 0.15) is 51.4 Å². The Morgan fingerprint density at radius 3 is 2.32 bits per heavy atom. The molecule has 0 spiro atoms. The van der Waals surface area contributed by atoms with E-state index in [4.69, 9.17) is 4.74 Å². The van der Waals surface area contributed by atoms with Crippen molar-refractivity contribution in [3.05, 3.63) is 54.9 Å². The summed E-state index contributed by atoms with van der Waals surface area (Å²) in [4.78, 5) is 12.6. The number of esters is 1. The molecule has 4 rings (SSSR count). The van der Waals surface area contributed by atoms with Crippen LogP contribution >= 0.6 is 0 Å². The van der Waals surface area contributed by atoms with E-state index in [-0.39, 0.29) is 17.7 Å². The lowest BCUT2D eigenvalue weighted by Crippen LogP contribution is -2.29. The van der Waals surface area contributed by atoms with Gasteiger partial charge in [-0.15, -0.1) is 6.58 Å². The lowest BCUT2D eigenvalue weighted by molar-refractivity contribution is -0.140. The molecule has 2 saturated carbocycles. The van der Waals surface area contributed by atoms with E-state index in [1.54, 1.807) is 24.3 Å². The van der Waals surface area contributed by atoms with E-state index in [1.165, 1.54) is 31.7 Å². The van der Waals surface area contributed by atoms with Crippen LogP contribution in [0.2, 0.25) is 0 Å². The number of fused-ring (bicyclic) bond motifs is 1. The second-order valence-corrected chi connectivity index (χ2v) is 8.57. The van der Waals surface area contributed by atoms with Gasteiger partial charge in [0.15, 0.2) is 0 Å². The van der Waals surface area contributed by atoms with Gasteiger partial charge in [0, 0.05) is 5.39 Å². The van der Waals surface area contributed by atoms with E-state index < -0.39 is 0 Å². The first-order valence-electron chi connectivity index (χ1n) is 10.7. The molecule has 0 aromatic heterocycles. The van der Waals surface area contributed by atoms with Gasteiger partial charge in [-0.1, -0.05) is 18.2 Å². The van der Waals surface area contributed by atoms with Gasteiger partial charge in [0.2, 0.25) is 0 Å². The SMILES string of the molecule is C=CC1CCC(C2CCC(C(=O)Oc3ccc4c(F)cccc4c3)CC2)CC1. The maximum absolute atomic E-state index is 13.8. The van der Waals surface area contributed by atoms with E-state index >= 15 is 0 Å². The normalized spacial score (nSPS) is 28.0. The van der Waals surface area contributed by atoms with E-state index in [2.05, 4.69) is 12.7 Å². The summed E-state index contributed by atoms with van der Waals surface area (Å²) < 4.78 is 19.4. The third-order valence-corrected chi connectivity index (χ3v) is 6.94. The number of hydrogen-bond acceptors (Lipinski definition) is 2. The molecule has 148 valence electrons. The molecule has 2 aliphatic rings. The molecular formula is C25H29FO2. The molecule has 0 unspecified atom stereocenters. The fourth-order valence-electron chi connectivity index (χ4n) is 5.16. The fraction of sp³-hybridized carbons (Fsp3) is 0.480. The summed E-state index contributed by atoms with van der Waals surface area (Å²) >= 11 is 0. The van der Waals surface area contributed by atoms with Crippen LogP contribution in [0.4, 0.5) is 4.39 Å². The van der Waals surface area contributed by atoms with Gasteiger partial charge in [-0.25, -0.2) is 4.39 Å². The highest BCUT2D eigenvalue weighted by Gasteiger charge is 2.33. The summed E-state index contributed by atoms with van der Waals surface area (Å²) in [5.74, 6) is 2.40. The van der Waals surface area contributed by atoms with Gasteiger partial charge in [-0.05, 0) is 98.8 Å². The largest absolute Gasteiger partial charge is 0.426 e. The van der Waals surface area contributed by atoms with Crippen molar-refractivity contribution in [2.45, 2.75) is 51.4 Å². The number of benzene rings is 2. The Kier molecular flexibility index (Phi) is 5.79. The number of halogens is 1. The average Bonchev–Trinajstić information content (AvgIpc) is 2.74. The number of rotatable bonds is 4. The summed E-state index contributed by atoms with van der Waals surface area (Å²) in [7, 11) is 0. The highest BCUT2D eigenvalue weighted by Crippen LogP contribution is 2.41. The minimum absolute atomic E-state index is 0.0102. The maximum Gasteiger partial charge on any atom is 0.314 e. The Labute approximate surface area is 166 Å². The maximum atomic E-state index is 13.8. The number of hydrogen-bond donors (Lipinski definition) is 0. The molecule has 0 amide bonds. The molecule has 0 radical (unpaired) electrons. The molecule has 0 atom stereocenters. The van der Waals surface area contributed by atoms with Crippen LogP contribution < -0.4 is 4.74 Å². The van der Waals surface area contributed by atoms with Crippen LogP contribution in [0, 0.1) is 29.5 Å². The highest BCUT2D eigenvalue weighted by molar-refractivity contribution is 5.85. The molecule has 2 aliphatic carbocycles. The van der Waals surface area contributed by atoms with Crippen molar-refractivity contribution in [3.63, 3.8) is 0 Å². The molecule has 2 aromatic carbocycles. The minimum atomic E-state index is -0.254. The van der Waals surface area contributed by atoms with Crippen LogP contribution in [-0.4, -0.2) is 5.97 Å². The zero-order chi connectivity index (χ0) is 19.5. The topological polar surface area (TPSA) is 26.3 Å². The molecule has 2 fully saturated rings. The number of ether oxygens (including phenoxy) is 1. The molecular weight excluding hydrogens is 351 g/mol. The Hall–Kier alpha value is -2.16. The van der Waals surface area contributed by atoms with Crippen molar-refractivity contribution in [1.82, 2.24) is 0 Å². The summed E-state index contributed by atoms with van der Waals surface area (Å²) in [5.41, 5.74) is 0. The van der Waals surface area contributed by atoms with Gasteiger partial charge in [0.25, 0.3) is 0 Å². The first kappa shape index (κ1) is 19.2. The van der Waals surface area contributed by atoms with Gasteiger partial charge in [0.1, 0.15) is 11.6 Å². The molecule has 2 aromatic rings. The summed E-state index contributed by atoms with van der Waals surface area (Å²) in [6.45, 7) is 3.94. The van der Waals surface area contributed by atoms with Crippen molar-refractivity contribution in [3.8, 4) is 5.75 Å². The quantitative estimate of drug-likeness (QED) is 0.336. The van der Waals surface area contributed by atoms with E-state index in [0.29, 0.717) is 17.1 Å². The smallest absolute Gasteiger partial charge is 0.314 e. The van der Waals surface area contributed by atoms with Crippen LogP contribution in [0.25, 0.3) is 10.8 Å². The third kappa shape index (κ3) is 4.14. The van der Waals surface area contributed by atoms with Crippen molar-refractivity contribution in [1.29, 1.82) is 0 Å². The third-order valence-electron chi connectivity index (χ3n) is 6.94. The number of allylic oxidation sites excluding steroid dienone is 1. The van der Waals surface area contributed by atoms with Gasteiger partial charge in [-0.2, -0.15) is 0 Å². The zero-order valence-electron chi connectivity index (χ0n) is 16.4. The molecule has 2 nitrogen and oxygen atoms in total. The van der Waals surface area contributed by atoms with E-state index in [1.807, 2.05) is 6.07 Å². The predicted molar refractivity (Wildman–Crippen MR) is 111 cm³/mol. The van der Waals surface area contributed by atoms with Crippen molar-refractivity contribution >= 4 is 16.7 Å². The number of carbonyl (C=O) groups excluding carboxylic acids is 1. The van der Waals surface area contributed by atoms with Crippen LogP contribution in [0.15, 0.2) is 49.1 Å². The summed E-state index contributed by atoms with van der Waals surface area (Å²) in [5, 5.41) is 1.30. The summed E-state index contributed by atoms with van der Waals surface area (Å²) in [6, 6.07) is 10.1. The summed E-state index contributed by atoms with van der Waals surface area (Å²) in [6.07, 6.45) is 11.4. The second kappa shape index (κ2) is 8.46. The second-order valence-electron chi connectivity index (χ2n) is 8.57. The Morgan fingerprint density at radius 1 is 0.964 bits per heavy atom. The molecule has 0 heterocycles. The first-order valence-corrected chi connectivity index (χ1v) is 10.7. The van der Waals surface area contributed by atoms with Gasteiger partial charge in [0.05, 0.1) is 5.92 Å². The van der Waals surface area contributed by atoms with Gasteiger partial charge in [-0.3, -0.25) is 4.79 Å². The van der Waals surface area contributed by atoms with Gasteiger partial charge >= 0.3 is 5.97 Å². The molecule has 28 heavy (non-hydrogen) atoms. The Morgan fingerprint density at radius 2 is 1.64 bits per heavy atom. The standard InChI is InChI=1S/C25H29FO2/c1-2-17-6-8-18(9-7-17)19-10-12-20(13-11-19)25(27)28-22-14-15-23-21(16-22)4-3-5-24(23)26/h2-5,14-20H,1,6-13H2. The van der Waals surface area contributed by atoms with Crippen LogP contribution in [0.5, 0.6) is 5.75 Å². The molecule has 0 saturated heterocycles. The monoisotopic (exact) mass is 380 g/mol. The van der Waals surface area contributed by atoms with Crippen LogP contribution in [-0.2, 0) is 4.79 Å².